The van der Waals surface area contributed by atoms with Gasteiger partial charge in [-0.25, -0.2) is 4.39 Å². The van der Waals surface area contributed by atoms with Crippen molar-refractivity contribution in [3.8, 4) is 0 Å². The Labute approximate surface area is 118 Å². The van der Waals surface area contributed by atoms with Crippen LogP contribution in [0.2, 0.25) is 0 Å². The molecular weight excluding hydrogens is 249 g/mol. The largest absolute Gasteiger partial charge is 0.297 e. The number of fused-ring (bicyclic) bond motifs is 3. The number of hydrogen-bond acceptors (Lipinski definition) is 1. The minimum absolute atomic E-state index is 0.165. The van der Waals surface area contributed by atoms with E-state index in [0.29, 0.717) is 12.1 Å². The van der Waals surface area contributed by atoms with E-state index in [1.165, 1.54) is 24.0 Å². The maximum atomic E-state index is 13.2. The van der Waals surface area contributed by atoms with Gasteiger partial charge in [-0.2, -0.15) is 0 Å². The second-order valence-corrected chi connectivity index (χ2v) is 6.07. The van der Waals surface area contributed by atoms with Crippen LogP contribution >= 0.6 is 0 Å². The molecule has 2 aliphatic heterocycles. The number of rotatable bonds is 1. The van der Waals surface area contributed by atoms with Gasteiger partial charge in [-0.15, -0.1) is 0 Å². The molecule has 0 N–H and O–H groups in total. The van der Waals surface area contributed by atoms with Gasteiger partial charge in [-0.1, -0.05) is 24.3 Å². The van der Waals surface area contributed by atoms with Crippen LogP contribution in [0.15, 0.2) is 42.5 Å². The molecule has 2 aromatic rings. The predicted octanol–water partition coefficient (Wildman–Crippen LogP) is 4.23. The summed E-state index contributed by atoms with van der Waals surface area (Å²) in [5.41, 5.74) is 2.76. The fraction of sp³-hybridized carbons (Fsp3) is 0.333. The molecule has 2 atom stereocenters. The Bertz CT molecular complexity index is 704. The molecule has 2 heterocycles. The van der Waals surface area contributed by atoms with E-state index >= 15 is 0 Å². The van der Waals surface area contributed by atoms with Crippen molar-refractivity contribution in [2.24, 2.45) is 0 Å². The van der Waals surface area contributed by atoms with Crippen molar-refractivity contribution in [1.82, 2.24) is 4.90 Å². The van der Waals surface area contributed by atoms with E-state index in [-0.39, 0.29) is 5.82 Å². The number of hydrogen-bond donors (Lipinski definition) is 0. The van der Waals surface area contributed by atoms with Gasteiger partial charge in [0.15, 0.2) is 0 Å². The first-order valence-corrected chi connectivity index (χ1v) is 7.33. The highest BCUT2D eigenvalue weighted by atomic mass is 19.1. The molecule has 0 saturated carbocycles. The van der Waals surface area contributed by atoms with Gasteiger partial charge in [0.05, 0.1) is 0 Å². The average molecular weight is 267 g/mol. The maximum absolute atomic E-state index is 13.2. The van der Waals surface area contributed by atoms with Crippen molar-refractivity contribution in [2.45, 2.75) is 31.3 Å². The summed E-state index contributed by atoms with van der Waals surface area (Å²) < 4.78 is 13.2. The third kappa shape index (κ3) is 1.87. The van der Waals surface area contributed by atoms with Crippen molar-refractivity contribution < 1.29 is 4.39 Å². The van der Waals surface area contributed by atoms with Gasteiger partial charge < -0.3 is 0 Å². The van der Waals surface area contributed by atoms with Crippen molar-refractivity contribution in [1.29, 1.82) is 0 Å². The zero-order valence-electron chi connectivity index (χ0n) is 11.6. The van der Waals surface area contributed by atoms with Gasteiger partial charge in [0.25, 0.3) is 0 Å². The molecule has 0 spiro atoms. The molecule has 2 aromatic carbocycles. The summed E-state index contributed by atoms with van der Waals surface area (Å²) in [7, 11) is 2.23. The lowest BCUT2D eigenvalue weighted by Crippen LogP contribution is -2.34. The molecule has 1 nitrogen and oxygen atoms in total. The average Bonchev–Trinajstić information content (AvgIpc) is 2.68. The van der Waals surface area contributed by atoms with Crippen LogP contribution in [0.1, 0.15) is 24.8 Å². The third-order valence-electron chi connectivity index (χ3n) is 4.92. The fourth-order valence-corrected chi connectivity index (χ4v) is 3.67. The van der Waals surface area contributed by atoms with E-state index in [0.717, 1.165) is 17.2 Å². The zero-order chi connectivity index (χ0) is 13.7. The van der Waals surface area contributed by atoms with Crippen LogP contribution in [0.3, 0.4) is 0 Å². The first-order chi connectivity index (χ1) is 9.70. The molecular formula is C18H18FN. The smallest absolute Gasteiger partial charge is 0.123 e. The van der Waals surface area contributed by atoms with Crippen LogP contribution in [0.25, 0.3) is 16.3 Å². The van der Waals surface area contributed by atoms with Gasteiger partial charge >= 0.3 is 0 Å². The van der Waals surface area contributed by atoms with E-state index in [1.807, 2.05) is 12.1 Å². The Morgan fingerprint density at radius 1 is 1.05 bits per heavy atom. The lowest BCUT2D eigenvalue weighted by Gasteiger charge is -2.30. The summed E-state index contributed by atoms with van der Waals surface area (Å²) in [6.45, 7) is 0. The Kier molecular flexibility index (Phi) is 2.67. The van der Waals surface area contributed by atoms with Gasteiger partial charge in [-0.3, -0.25) is 4.90 Å². The molecule has 2 unspecified atom stereocenters. The van der Waals surface area contributed by atoms with Gasteiger partial charge in [0.1, 0.15) is 5.82 Å². The molecule has 1 saturated heterocycles. The minimum atomic E-state index is -0.165. The zero-order valence-corrected chi connectivity index (χ0v) is 11.6. The molecule has 4 rings (SSSR count). The summed E-state index contributed by atoms with van der Waals surface area (Å²) >= 11 is 0. The topological polar surface area (TPSA) is 3.24 Å². The summed E-state index contributed by atoms with van der Waals surface area (Å²) in [4.78, 5) is 2.50. The van der Waals surface area contributed by atoms with Crippen LogP contribution < -0.4 is 0 Å². The highest BCUT2D eigenvalue weighted by Gasteiger charge is 2.33. The first kappa shape index (κ1) is 12.1. The Morgan fingerprint density at radius 3 is 2.70 bits per heavy atom. The lowest BCUT2D eigenvalue weighted by atomic mass is 9.93. The van der Waals surface area contributed by atoms with Crippen molar-refractivity contribution in [2.75, 3.05) is 7.05 Å². The molecule has 102 valence electrons. The van der Waals surface area contributed by atoms with Crippen molar-refractivity contribution in [3.63, 3.8) is 0 Å². The van der Waals surface area contributed by atoms with Crippen LogP contribution in [0.4, 0.5) is 4.39 Å². The first-order valence-electron chi connectivity index (χ1n) is 7.33. The SMILES string of the molecule is CN1C2C=C(c3ccc4cc(F)ccc4c3)CC1CC2. The molecule has 1 fully saturated rings. The second-order valence-electron chi connectivity index (χ2n) is 6.07. The van der Waals surface area contributed by atoms with E-state index in [1.54, 1.807) is 12.1 Å². The molecule has 0 radical (unpaired) electrons. The molecule has 2 bridgehead atoms. The Balaban J connectivity index is 1.76. The summed E-state index contributed by atoms with van der Waals surface area (Å²) in [5.74, 6) is -0.165. The van der Waals surface area contributed by atoms with Crippen LogP contribution in [0, 0.1) is 5.82 Å². The summed E-state index contributed by atoms with van der Waals surface area (Å²) in [6, 6.07) is 12.7. The molecule has 20 heavy (non-hydrogen) atoms. The van der Waals surface area contributed by atoms with Crippen LogP contribution in [0.5, 0.6) is 0 Å². The second kappa shape index (κ2) is 4.42. The van der Waals surface area contributed by atoms with Gasteiger partial charge in [-0.05, 0) is 66.4 Å². The molecule has 0 aliphatic carbocycles. The summed E-state index contributed by atoms with van der Waals surface area (Å²) in [6.07, 6.45) is 6.15. The van der Waals surface area contributed by atoms with Crippen molar-refractivity contribution in [3.05, 3.63) is 53.9 Å². The Hall–Kier alpha value is -1.67. The van der Waals surface area contributed by atoms with Gasteiger partial charge in [0, 0.05) is 12.1 Å². The number of likely N-dealkylation sites (N-methyl/N-ethyl adjacent to an activating group) is 1. The van der Waals surface area contributed by atoms with Crippen molar-refractivity contribution >= 4 is 16.3 Å². The standard InChI is InChI=1S/C18H18FN/c1-20-17-6-7-18(20)11-15(10-17)13-2-3-14-9-16(19)5-4-12(14)8-13/h2-5,8-10,17-18H,6-7,11H2,1H3. The van der Waals surface area contributed by atoms with E-state index in [9.17, 15) is 4.39 Å². The van der Waals surface area contributed by atoms with Crippen LogP contribution in [-0.4, -0.2) is 24.0 Å². The monoisotopic (exact) mass is 267 g/mol. The molecule has 2 aliphatic rings. The van der Waals surface area contributed by atoms with E-state index in [2.05, 4.69) is 30.2 Å². The number of benzene rings is 2. The highest BCUT2D eigenvalue weighted by molar-refractivity contribution is 5.86. The highest BCUT2D eigenvalue weighted by Crippen LogP contribution is 2.37. The number of nitrogens with zero attached hydrogens (tertiary/aromatic N) is 1. The third-order valence-corrected chi connectivity index (χ3v) is 4.92. The molecule has 0 amide bonds. The fourth-order valence-electron chi connectivity index (χ4n) is 3.67. The van der Waals surface area contributed by atoms with Crippen LogP contribution in [-0.2, 0) is 0 Å². The molecule has 0 aromatic heterocycles. The maximum Gasteiger partial charge on any atom is 0.123 e. The quantitative estimate of drug-likeness (QED) is 0.747. The Morgan fingerprint density at radius 2 is 1.85 bits per heavy atom. The summed E-state index contributed by atoms with van der Waals surface area (Å²) in [5, 5.41) is 2.10. The minimum Gasteiger partial charge on any atom is -0.297 e. The number of halogens is 1. The normalized spacial score (nSPS) is 26.0. The van der Waals surface area contributed by atoms with Gasteiger partial charge in [0.2, 0.25) is 0 Å². The lowest BCUT2D eigenvalue weighted by molar-refractivity contribution is 0.264. The molecule has 2 heteroatoms. The van der Waals surface area contributed by atoms with E-state index < -0.39 is 0 Å². The van der Waals surface area contributed by atoms with E-state index in [4.69, 9.17) is 0 Å². The predicted molar refractivity (Wildman–Crippen MR) is 81.1 cm³/mol.